The molecule has 0 spiro atoms. The van der Waals surface area contributed by atoms with Crippen molar-refractivity contribution in [3.05, 3.63) is 29.7 Å². The normalized spacial score (nSPS) is 16.7. The van der Waals surface area contributed by atoms with E-state index in [0.29, 0.717) is 17.1 Å². The Hall–Kier alpha value is -1.56. The summed E-state index contributed by atoms with van der Waals surface area (Å²) in [6.07, 6.45) is 4.02. The molecule has 5 nitrogen and oxygen atoms in total. The molecular weight excluding hydrogens is 262 g/mol. The van der Waals surface area contributed by atoms with Crippen molar-refractivity contribution in [2.24, 2.45) is 0 Å². The number of nitrogens with zero attached hydrogens (tertiary/aromatic N) is 3. The van der Waals surface area contributed by atoms with E-state index in [1.807, 2.05) is 11.8 Å². The number of esters is 1. The highest BCUT2D eigenvalue weighted by Gasteiger charge is 2.20. The van der Waals surface area contributed by atoms with Gasteiger partial charge in [0.2, 0.25) is 0 Å². The lowest BCUT2D eigenvalue weighted by molar-refractivity contribution is 0.0600. The first-order valence-corrected chi connectivity index (χ1v) is 7.46. The third-order valence-electron chi connectivity index (χ3n) is 3.36. The molecule has 3 rings (SSSR count). The first-order valence-electron chi connectivity index (χ1n) is 6.30. The minimum absolute atomic E-state index is 0.346. The van der Waals surface area contributed by atoms with Gasteiger partial charge in [-0.25, -0.2) is 14.3 Å². The number of methoxy groups -OCH3 is 1. The number of ether oxygens (including phenoxy) is 1. The minimum Gasteiger partial charge on any atom is -0.465 e. The first-order chi connectivity index (χ1) is 9.28. The van der Waals surface area contributed by atoms with E-state index in [2.05, 4.69) is 10.1 Å². The van der Waals surface area contributed by atoms with Gasteiger partial charge in [0.15, 0.2) is 11.5 Å². The van der Waals surface area contributed by atoms with Gasteiger partial charge < -0.3 is 4.74 Å². The highest BCUT2D eigenvalue weighted by atomic mass is 32.2. The molecule has 0 saturated carbocycles. The smallest absolute Gasteiger partial charge is 0.338 e. The van der Waals surface area contributed by atoms with Crippen molar-refractivity contribution in [2.75, 3.05) is 18.6 Å². The molecule has 1 aliphatic heterocycles. The number of hydrogen-bond acceptors (Lipinski definition) is 5. The molecule has 0 amide bonds. The summed E-state index contributed by atoms with van der Waals surface area (Å²) in [6.45, 7) is 0. The number of aromatic nitrogens is 3. The van der Waals surface area contributed by atoms with E-state index < -0.39 is 0 Å². The molecule has 6 heteroatoms. The number of rotatable bonds is 2. The fourth-order valence-corrected chi connectivity index (χ4v) is 3.38. The predicted molar refractivity (Wildman–Crippen MR) is 73.6 cm³/mol. The van der Waals surface area contributed by atoms with Crippen molar-refractivity contribution in [1.82, 2.24) is 14.6 Å². The van der Waals surface area contributed by atoms with E-state index in [1.54, 1.807) is 22.8 Å². The molecule has 0 bridgehead atoms. The van der Waals surface area contributed by atoms with Crippen LogP contribution in [0.3, 0.4) is 0 Å². The van der Waals surface area contributed by atoms with E-state index in [0.717, 1.165) is 18.7 Å². The minimum atomic E-state index is -0.346. The molecule has 1 aliphatic rings. The van der Waals surface area contributed by atoms with Crippen LogP contribution in [0.2, 0.25) is 0 Å². The Morgan fingerprint density at radius 1 is 1.47 bits per heavy atom. The van der Waals surface area contributed by atoms with Crippen LogP contribution in [0, 0.1) is 0 Å². The molecule has 1 fully saturated rings. The molecule has 0 atom stereocenters. The lowest BCUT2D eigenvalue weighted by atomic mass is 10.0. The Bertz CT molecular complexity index is 605. The zero-order valence-electron chi connectivity index (χ0n) is 10.7. The summed E-state index contributed by atoms with van der Waals surface area (Å²) < 4.78 is 6.43. The van der Waals surface area contributed by atoms with Crippen LogP contribution in [0.1, 0.15) is 34.9 Å². The summed E-state index contributed by atoms with van der Waals surface area (Å²) in [7, 11) is 1.38. The second-order valence-electron chi connectivity index (χ2n) is 4.57. The molecule has 1 saturated heterocycles. The summed E-state index contributed by atoms with van der Waals surface area (Å²) in [6, 6.07) is 3.42. The number of hydrogen-bond donors (Lipinski definition) is 0. The molecule has 0 N–H and O–H groups in total. The van der Waals surface area contributed by atoms with E-state index in [-0.39, 0.29) is 5.97 Å². The maximum Gasteiger partial charge on any atom is 0.338 e. The van der Waals surface area contributed by atoms with Crippen molar-refractivity contribution >= 4 is 23.4 Å². The van der Waals surface area contributed by atoms with Gasteiger partial charge in [-0.3, -0.25) is 0 Å². The molecule has 2 aromatic rings. The van der Waals surface area contributed by atoms with Crippen molar-refractivity contribution in [3.63, 3.8) is 0 Å². The van der Waals surface area contributed by atoms with E-state index >= 15 is 0 Å². The van der Waals surface area contributed by atoms with Gasteiger partial charge in [-0.15, -0.1) is 0 Å². The maximum absolute atomic E-state index is 11.5. The van der Waals surface area contributed by atoms with Crippen LogP contribution < -0.4 is 0 Å². The molecule has 0 aliphatic carbocycles. The maximum atomic E-state index is 11.5. The van der Waals surface area contributed by atoms with Crippen LogP contribution in [-0.4, -0.2) is 39.2 Å². The second-order valence-corrected chi connectivity index (χ2v) is 5.79. The van der Waals surface area contributed by atoms with Crippen molar-refractivity contribution < 1.29 is 9.53 Å². The Kier molecular flexibility index (Phi) is 3.42. The number of thioether (sulfide) groups is 1. The van der Waals surface area contributed by atoms with E-state index in [9.17, 15) is 4.79 Å². The zero-order chi connectivity index (χ0) is 13.2. The quantitative estimate of drug-likeness (QED) is 0.787. The number of pyridine rings is 1. The SMILES string of the molecule is COC(=O)c1ccn2nc(C3CCSCC3)nc2c1. The Labute approximate surface area is 115 Å². The highest BCUT2D eigenvalue weighted by molar-refractivity contribution is 7.99. The molecule has 2 aromatic heterocycles. The van der Waals surface area contributed by atoms with Gasteiger partial charge in [0, 0.05) is 12.1 Å². The molecule has 19 heavy (non-hydrogen) atoms. The monoisotopic (exact) mass is 277 g/mol. The molecular formula is C13H15N3O2S. The molecule has 0 radical (unpaired) electrons. The summed E-state index contributed by atoms with van der Waals surface area (Å²) in [4.78, 5) is 16.0. The highest BCUT2D eigenvalue weighted by Crippen LogP contribution is 2.29. The van der Waals surface area contributed by atoms with Gasteiger partial charge in [-0.1, -0.05) is 0 Å². The van der Waals surface area contributed by atoms with Crippen molar-refractivity contribution in [3.8, 4) is 0 Å². The average molecular weight is 277 g/mol. The zero-order valence-corrected chi connectivity index (χ0v) is 11.5. The Morgan fingerprint density at radius 2 is 2.26 bits per heavy atom. The lowest BCUT2D eigenvalue weighted by Gasteiger charge is -2.17. The van der Waals surface area contributed by atoms with Crippen molar-refractivity contribution in [1.29, 1.82) is 0 Å². The number of carbonyl (C=O) groups is 1. The third-order valence-corrected chi connectivity index (χ3v) is 4.41. The van der Waals surface area contributed by atoms with E-state index in [1.165, 1.54) is 18.6 Å². The summed E-state index contributed by atoms with van der Waals surface area (Å²) in [5.41, 5.74) is 1.21. The average Bonchev–Trinajstić information content (AvgIpc) is 2.90. The van der Waals surface area contributed by atoms with Crippen LogP contribution in [0.25, 0.3) is 5.65 Å². The first kappa shape index (κ1) is 12.5. The molecule has 0 unspecified atom stereocenters. The standard InChI is InChI=1S/C13H15N3O2S/c1-18-13(17)10-2-5-16-11(8-10)14-12(15-16)9-3-6-19-7-4-9/h2,5,8-9H,3-4,6-7H2,1H3. The molecule has 3 heterocycles. The van der Waals surface area contributed by atoms with Gasteiger partial charge in [-0.05, 0) is 36.5 Å². The topological polar surface area (TPSA) is 56.5 Å². The Balaban J connectivity index is 1.93. The van der Waals surface area contributed by atoms with Gasteiger partial charge in [-0.2, -0.15) is 16.9 Å². The molecule has 100 valence electrons. The van der Waals surface area contributed by atoms with Gasteiger partial charge in [0.05, 0.1) is 12.7 Å². The van der Waals surface area contributed by atoms with Gasteiger partial charge in [0.25, 0.3) is 0 Å². The lowest BCUT2D eigenvalue weighted by Crippen LogP contribution is -2.09. The fourth-order valence-electron chi connectivity index (χ4n) is 2.27. The largest absolute Gasteiger partial charge is 0.465 e. The fraction of sp³-hybridized carbons (Fsp3) is 0.462. The third kappa shape index (κ3) is 2.45. The predicted octanol–water partition coefficient (Wildman–Crippen LogP) is 2.13. The van der Waals surface area contributed by atoms with Crippen molar-refractivity contribution in [2.45, 2.75) is 18.8 Å². The van der Waals surface area contributed by atoms with Gasteiger partial charge >= 0.3 is 5.97 Å². The summed E-state index contributed by atoms with van der Waals surface area (Å²) in [5.74, 6) is 3.34. The van der Waals surface area contributed by atoms with Crippen LogP contribution >= 0.6 is 11.8 Å². The van der Waals surface area contributed by atoms with Crippen LogP contribution in [0.15, 0.2) is 18.3 Å². The van der Waals surface area contributed by atoms with Crippen LogP contribution in [0.4, 0.5) is 0 Å². The van der Waals surface area contributed by atoms with Crippen LogP contribution in [-0.2, 0) is 4.74 Å². The second kappa shape index (κ2) is 5.21. The van der Waals surface area contributed by atoms with Crippen LogP contribution in [0.5, 0.6) is 0 Å². The molecule has 0 aromatic carbocycles. The van der Waals surface area contributed by atoms with E-state index in [4.69, 9.17) is 4.74 Å². The number of fused-ring (bicyclic) bond motifs is 1. The van der Waals surface area contributed by atoms with Gasteiger partial charge in [0.1, 0.15) is 0 Å². The summed E-state index contributed by atoms with van der Waals surface area (Å²) >= 11 is 1.99. The number of carbonyl (C=O) groups excluding carboxylic acids is 1. The Morgan fingerprint density at radius 3 is 3.00 bits per heavy atom. The summed E-state index contributed by atoms with van der Waals surface area (Å²) in [5, 5.41) is 4.51.